The molecule has 1 heterocycles. The van der Waals surface area contributed by atoms with Gasteiger partial charge in [-0.1, -0.05) is 29.3 Å². The first-order valence-corrected chi connectivity index (χ1v) is 10.0. The fraction of sp³-hybridized carbons (Fsp3) is 0.250. The van der Waals surface area contributed by atoms with Gasteiger partial charge in [0.05, 0.1) is 32.7 Å². The van der Waals surface area contributed by atoms with Crippen LogP contribution in [0.4, 0.5) is 10.5 Å². The summed E-state index contributed by atoms with van der Waals surface area (Å²) in [6.45, 7) is 2.03. The molecule has 1 unspecified atom stereocenters. The number of aromatic nitrogens is 2. The number of fused-ring (bicyclic) bond motifs is 1. The summed E-state index contributed by atoms with van der Waals surface area (Å²) in [4.78, 5) is 29.8. The van der Waals surface area contributed by atoms with Gasteiger partial charge in [-0.05, 0) is 43.7 Å². The smallest absolute Gasteiger partial charge is 0.319 e. The van der Waals surface area contributed by atoms with E-state index in [1.807, 2.05) is 0 Å². The van der Waals surface area contributed by atoms with Crippen LogP contribution in [0.15, 0.2) is 41.2 Å². The second kappa shape index (κ2) is 9.44. The van der Waals surface area contributed by atoms with E-state index in [0.29, 0.717) is 35.2 Å². The lowest BCUT2D eigenvalue weighted by molar-refractivity contribution is 0.249. The minimum Gasteiger partial charge on any atom is -0.396 e. The Hall–Kier alpha value is -2.65. The number of urea groups is 1. The number of hydrogen-bond acceptors (Lipinski definition) is 5. The Morgan fingerprint density at radius 3 is 2.70 bits per heavy atom. The first-order valence-electron chi connectivity index (χ1n) is 9.26. The zero-order valence-corrected chi connectivity index (χ0v) is 17.7. The lowest BCUT2D eigenvalue weighted by Gasteiger charge is -2.17. The summed E-state index contributed by atoms with van der Waals surface area (Å²) >= 11 is 12.5. The van der Waals surface area contributed by atoms with Crippen LogP contribution in [0.25, 0.3) is 16.6 Å². The van der Waals surface area contributed by atoms with Crippen molar-refractivity contribution in [2.75, 3.05) is 18.5 Å². The molecule has 3 aromatic rings. The Morgan fingerprint density at radius 1 is 1.27 bits per heavy atom. The summed E-state index contributed by atoms with van der Waals surface area (Å²) in [5.41, 5.74) is 6.89. The maximum Gasteiger partial charge on any atom is 0.319 e. The second-order valence-electron chi connectivity index (χ2n) is 6.66. The average molecular weight is 450 g/mol. The summed E-state index contributed by atoms with van der Waals surface area (Å²) in [5, 5.41) is 14.8. The summed E-state index contributed by atoms with van der Waals surface area (Å²) in [6, 6.07) is 8.83. The Balaban J connectivity index is 2.09. The number of anilines is 1. The second-order valence-corrected chi connectivity index (χ2v) is 7.47. The third-order valence-electron chi connectivity index (χ3n) is 4.34. The molecule has 2 aromatic carbocycles. The fourth-order valence-corrected chi connectivity index (χ4v) is 3.40. The highest BCUT2D eigenvalue weighted by Crippen LogP contribution is 2.28. The number of nitrogens with two attached hydrogens (primary N) is 1. The summed E-state index contributed by atoms with van der Waals surface area (Å²) in [6.07, 6.45) is 0.451. The Bertz CT molecular complexity index is 1150. The van der Waals surface area contributed by atoms with Crippen molar-refractivity contribution in [1.82, 2.24) is 14.9 Å². The molecule has 0 aliphatic rings. The minimum absolute atomic E-state index is 0.0136. The van der Waals surface area contributed by atoms with Crippen molar-refractivity contribution in [3.63, 3.8) is 0 Å². The molecule has 1 atom stereocenters. The number of benzene rings is 2. The first kappa shape index (κ1) is 22.0. The number of rotatable bonds is 6. The van der Waals surface area contributed by atoms with Crippen molar-refractivity contribution in [3.05, 3.63) is 62.6 Å². The standard InChI is InChI=1S/C20H21Cl2N5O3/c1-11(23)18-26-17-15(22)7-6-14(21)16(17)19(29)27(18)13-5-2-4-12(10-13)25-20(30)24-8-3-9-28/h2,4-7,10-11,28H,3,8-9,23H2,1H3,(H2,24,25,30). The third-order valence-corrected chi connectivity index (χ3v) is 4.96. The lowest BCUT2D eigenvalue weighted by Crippen LogP contribution is -2.30. The molecule has 5 N–H and O–H groups in total. The molecule has 0 spiro atoms. The molecule has 10 heteroatoms. The molecular weight excluding hydrogens is 429 g/mol. The topological polar surface area (TPSA) is 122 Å². The number of nitrogens with one attached hydrogen (secondary N) is 2. The number of carbonyl (C=O) groups is 1. The number of amides is 2. The number of nitrogens with zero attached hydrogens (tertiary/aromatic N) is 2. The molecule has 2 amide bonds. The van der Waals surface area contributed by atoms with E-state index in [1.54, 1.807) is 43.3 Å². The van der Waals surface area contributed by atoms with Crippen LogP contribution in [0.5, 0.6) is 0 Å². The lowest BCUT2D eigenvalue weighted by atomic mass is 10.2. The van der Waals surface area contributed by atoms with Gasteiger partial charge in [0.25, 0.3) is 5.56 Å². The molecule has 0 saturated heterocycles. The van der Waals surface area contributed by atoms with E-state index in [-0.39, 0.29) is 22.5 Å². The fourth-order valence-electron chi connectivity index (χ4n) is 2.97. The van der Waals surface area contributed by atoms with Crippen LogP contribution in [0.2, 0.25) is 10.0 Å². The van der Waals surface area contributed by atoms with Gasteiger partial charge in [-0.25, -0.2) is 9.78 Å². The quantitative estimate of drug-likeness (QED) is 0.430. The molecule has 0 aliphatic heterocycles. The van der Waals surface area contributed by atoms with E-state index >= 15 is 0 Å². The van der Waals surface area contributed by atoms with E-state index in [9.17, 15) is 9.59 Å². The van der Waals surface area contributed by atoms with Crippen molar-refractivity contribution in [1.29, 1.82) is 0 Å². The van der Waals surface area contributed by atoms with E-state index in [1.165, 1.54) is 4.57 Å². The van der Waals surface area contributed by atoms with Crippen LogP contribution < -0.4 is 21.9 Å². The van der Waals surface area contributed by atoms with Crippen molar-refractivity contribution in [3.8, 4) is 5.69 Å². The van der Waals surface area contributed by atoms with Crippen LogP contribution in [0, 0.1) is 0 Å². The maximum atomic E-state index is 13.3. The Kier molecular flexibility index (Phi) is 6.94. The molecule has 1 aromatic heterocycles. The van der Waals surface area contributed by atoms with Crippen LogP contribution >= 0.6 is 23.2 Å². The maximum absolute atomic E-state index is 13.3. The number of aliphatic hydroxyl groups excluding tert-OH is 1. The summed E-state index contributed by atoms with van der Waals surface area (Å²) in [7, 11) is 0. The van der Waals surface area contributed by atoms with Crippen LogP contribution in [-0.4, -0.2) is 33.8 Å². The van der Waals surface area contributed by atoms with Crippen molar-refractivity contribution in [2.45, 2.75) is 19.4 Å². The van der Waals surface area contributed by atoms with Gasteiger partial charge in [0, 0.05) is 18.8 Å². The van der Waals surface area contributed by atoms with Crippen LogP contribution in [-0.2, 0) is 0 Å². The van der Waals surface area contributed by atoms with E-state index < -0.39 is 17.6 Å². The molecule has 30 heavy (non-hydrogen) atoms. The van der Waals surface area contributed by atoms with E-state index in [0.717, 1.165) is 0 Å². The molecule has 0 fully saturated rings. The van der Waals surface area contributed by atoms with Gasteiger partial charge < -0.3 is 21.5 Å². The number of carbonyl (C=O) groups excluding carboxylic acids is 1. The minimum atomic E-state index is -0.574. The zero-order valence-electron chi connectivity index (χ0n) is 16.2. The third kappa shape index (κ3) is 4.57. The highest BCUT2D eigenvalue weighted by Gasteiger charge is 2.19. The highest BCUT2D eigenvalue weighted by atomic mass is 35.5. The number of halogens is 2. The van der Waals surface area contributed by atoms with Crippen molar-refractivity contribution >= 4 is 45.8 Å². The van der Waals surface area contributed by atoms with Gasteiger partial charge in [0.15, 0.2) is 0 Å². The van der Waals surface area contributed by atoms with Gasteiger partial charge in [0.1, 0.15) is 5.82 Å². The summed E-state index contributed by atoms with van der Waals surface area (Å²) in [5.74, 6) is 0.307. The predicted molar refractivity (Wildman–Crippen MR) is 119 cm³/mol. The monoisotopic (exact) mass is 449 g/mol. The average Bonchev–Trinajstić information content (AvgIpc) is 2.70. The van der Waals surface area contributed by atoms with Gasteiger partial charge in [-0.15, -0.1) is 0 Å². The largest absolute Gasteiger partial charge is 0.396 e. The highest BCUT2D eigenvalue weighted by molar-refractivity contribution is 6.39. The SMILES string of the molecule is CC(N)c1nc2c(Cl)ccc(Cl)c2c(=O)n1-c1cccc(NC(=O)NCCCO)c1. The molecule has 0 bridgehead atoms. The predicted octanol–water partition coefficient (Wildman–Crippen LogP) is 3.22. The van der Waals surface area contributed by atoms with E-state index in [2.05, 4.69) is 15.6 Å². The van der Waals surface area contributed by atoms with Crippen LogP contribution in [0.3, 0.4) is 0 Å². The molecule has 0 aliphatic carbocycles. The van der Waals surface area contributed by atoms with Crippen molar-refractivity contribution in [2.24, 2.45) is 5.73 Å². The first-order chi connectivity index (χ1) is 14.3. The molecule has 0 saturated carbocycles. The van der Waals surface area contributed by atoms with E-state index in [4.69, 9.17) is 34.0 Å². The summed E-state index contributed by atoms with van der Waals surface area (Å²) < 4.78 is 1.37. The Morgan fingerprint density at radius 2 is 2.00 bits per heavy atom. The van der Waals surface area contributed by atoms with Gasteiger partial charge in [0.2, 0.25) is 0 Å². The van der Waals surface area contributed by atoms with Gasteiger partial charge >= 0.3 is 6.03 Å². The normalized spacial score (nSPS) is 12.0. The van der Waals surface area contributed by atoms with Crippen LogP contribution in [0.1, 0.15) is 25.2 Å². The van der Waals surface area contributed by atoms with Gasteiger partial charge in [-0.2, -0.15) is 0 Å². The number of hydrogen-bond donors (Lipinski definition) is 4. The van der Waals surface area contributed by atoms with Gasteiger partial charge in [-0.3, -0.25) is 9.36 Å². The zero-order chi connectivity index (χ0) is 21.8. The molecule has 158 valence electrons. The van der Waals surface area contributed by atoms with Crippen molar-refractivity contribution < 1.29 is 9.90 Å². The number of aliphatic hydroxyl groups is 1. The Labute approximate surface area is 182 Å². The molecular formula is C20H21Cl2N5O3. The molecule has 3 rings (SSSR count). The molecule has 8 nitrogen and oxygen atoms in total. The molecule has 0 radical (unpaired) electrons.